The van der Waals surface area contributed by atoms with Gasteiger partial charge in [0, 0.05) is 5.69 Å². The highest BCUT2D eigenvalue weighted by Gasteiger charge is 2.15. The van der Waals surface area contributed by atoms with Gasteiger partial charge in [-0.2, -0.15) is 5.26 Å². The summed E-state index contributed by atoms with van der Waals surface area (Å²) in [4.78, 5) is 11.1. The second kappa shape index (κ2) is 8.18. The molecule has 1 aromatic heterocycles. The fourth-order valence-electron chi connectivity index (χ4n) is 2.23. The predicted molar refractivity (Wildman–Crippen MR) is 96.8 cm³/mol. The number of nitriles is 1. The zero-order valence-corrected chi connectivity index (χ0v) is 14.5. The second-order valence-corrected chi connectivity index (χ2v) is 6.19. The van der Waals surface area contributed by atoms with E-state index in [1.807, 2.05) is 34.9 Å². The van der Waals surface area contributed by atoms with Gasteiger partial charge < -0.3 is 10.5 Å². The number of hydrogen-bond acceptors (Lipinski definition) is 6. The summed E-state index contributed by atoms with van der Waals surface area (Å²) in [7, 11) is 0. The van der Waals surface area contributed by atoms with E-state index in [4.69, 9.17) is 15.7 Å². The Morgan fingerprint density at radius 1 is 1.15 bits per heavy atom. The lowest BCUT2D eigenvalue weighted by molar-refractivity contribution is -0.115. The molecule has 0 unspecified atom stereocenters. The molecular weight excluding hydrogens is 350 g/mol. The first-order valence-corrected chi connectivity index (χ1v) is 8.69. The van der Waals surface area contributed by atoms with Crippen LogP contribution in [0.1, 0.15) is 11.4 Å². The molecule has 2 N–H and O–H groups in total. The van der Waals surface area contributed by atoms with Crippen molar-refractivity contribution in [3.63, 3.8) is 0 Å². The number of hydrogen-bond donors (Lipinski definition) is 1. The van der Waals surface area contributed by atoms with Gasteiger partial charge in [-0.15, -0.1) is 10.2 Å². The Morgan fingerprint density at radius 3 is 2.54 bits per heavy atom. The maximum absolute atomic E-state index is 11.1. The molecule has 26 heavy (non-hydrogen) atoms. The number of ether oxygens (including phenoxy) is 1. The number of nitrogens with two attached hydrogens (primary N) is 1. The van der Waals surface area contributed by atoms with E-state index in [-0.39, 0.29) is 12.4 Å². The fourth-order valence-corrected chi connectivity index (χ4v) is 2.94. The lowest BCUT2D eigenvalue weighted by Crippen LogP contribution is -2.14. The third kappa shape index (κ3) is 4.20. The molecule has 1 heterocycles. The van der Waals surface area contributed by atoms with Crippen molar-refractivity contribution in [1.82, 2.24) is 14.8 Å². The Kier molecular flexibility index (Phi) is 5.51. The number of carbonyl (C=O) groups excluding carboxylic acids is 1. The van der Waals surface area contributed by atoms with E-state index < -0.39 is 5.91 Å². The third-order valence-electron chi connectivity index (χ3n) is 3.41. The van der Waals surface area contributed by atoms with Crippen molar-refractivity contribution >= 4 is 17.7 Å². The molecule has 130 valence electrons. The van der Waals surface area contributed by atoms with Crippen molar-refractivity contribution in [2.24, 2.45) is 5.73 Å². The molecule has 1 amide bonds. The van der Waals surface area contributed by atoms with E-state index in [1.165, 1.54) is 11.8 Å². The van der Waals surface area contributed by atoms with Gasteiger partial charge >= 0.3 is 0 Å². The molecule has 0 aliphatic heterocycles. The zero-order valence-electron chi connectivity index (χ0n) is 13.7. The van der Waals surface area contributed by atoms with Gasteiger partial charge in [0.25, 0.3) is 0 Å². The van der Waals surface area contributed by atoms with Crippen LogP contribution in [-0.4, -0.2) is 26.4 Å². The fraction of sp³-hybridized carbons (Fsp3) is 0.111. The minimum Gasteiger partial charge on any atom is -0.486 e. The van der Waals surface area contributed by atoms with Crippen molar-refractivity contribution in [3.8, 4) is 17.5 Å². The number of carbonyl (C=O) groups is 1. The number of thioether (sulfide) groups is 1. The summed E-state index contributed by atoms with van der Waals surface area (Å²) in [5, 5.41) is 17.7. The van der Waals surface area contributed by atoms with Crippen molar-refractivity contribution in [2.45, 2.75) is 11.8 Å². The lowest BCUT2D eigenvalue weighted by Gasteiger charge is -2.11. The van der Waals surface area contributed by atoms with Gasteiger partial charge in [0.05, 0.1) is 17.4 Å². The quantitative estimate of drug-likeness (QED) is 0.644. The minimum atomic E-state index is -0.423. The summed E-state index contributed by atoms with van der Waals surface area (Å²) in [5.74, 6) is 0.903. The Bertz CT molecular complexity index is 932. The van der Waals surface area contributed by atoms with E-state index in [0.717, 1.165) is 5.69 Å². The molecular formula is C18H15N5O2S. The Balaban J connectivity index is 1.83. The largest absolute Gasteiger partial charge is 0.486 e. The molecule has 0 fully saturated rings. The molecule has 0 aliphatic rings. The normalized spacial score (nSPS) is 10.3. The Labute approximate surface area is 154 Å². The second-order valence-electron chi connectivity index (χ2n) is 5.25. The van der Waals surface area contributed by atoms with Gasteiger partial charge in [-0.25, -0.2) is 0 Å². The molecule has 0 bridgehead atoms. The minimum absolute atomic E-state index is 0.113. The summed E-state index contributed by atoms with van der Waals surface area (Å²) in [5.41, 5.74) is 6.66. The average molecular weight is 365 g/mol. The van der Waals surface area contributed by atoms with Crippen molar-refractivity contribution in [3.05, 3.63) is 66.0 Å². The molecule has 8 heteroatoms. The van der Waals surface area contributed by atoms with Crippen LogP contribution in [0.15, 0.2) is 59.8 Å². The van der Waals surface area contributed by atoms with Gasteiger partial charge in [0.2, 0.25) is 5.91 Å². The highest BCUT2D eigenvalue weighted by atomic mass is 32.2. The van der Waals surface area contributed by atoms with Gasteiger partial charge in [-0.3, -0.25) is 9.36 Å². The van der Waals surface area contributed by atoms with Crippen LogP contribution >= 0.6 is 11.8 Å². The SMILES string of the molecule is N#Cc1ccc(OCc2nnc(SCC(N)=O)n2-c2ccccc2)cc1. The number of primary amides is 1. The summed E-state index contributed by atoms with van der Waals surface area (Å²) in [6.07, 6.45) is 0. The molecule has 0 spiro atoms. The van der Waals surface area contributed by atoms with Crippen LogP contribution in [0, 0.1) is 11.3 Å². The number of rotatable bonds is 7. The summed E-state index contributed by atoms with van der Waals surface area (Å²) in [6, 6.07) is 18.5. The molecule has 0 saturated heterocycles. The maximum Gasteiger partial charge on any atom is 0.227 e. The molecule has 7 nitrogen and oxygen atoms in total. The van der Waals surface area contributed by atoms with Crippen LogP contribution in [0.25, 0.3) is 5.69 Å². The molecule has 0 saturated carbocycles. The maximum atomic E-state index is 11.1. The van der Waals surface area contributed by atoms with Crippen LogP contribution in [-0.2, 0) is 11.4 Å². The highest BCUT2D eigenvalue weighted by Crippen LogP contribution is 2.23. The first-order chi connectivity index (χ1) is 12.7. The molecule has 0 aliphatic carbocycles. The van der Waals surface area contributed by atoms with Gasteiger partial charge in [-0.1, -0.05) is 30.0 Å². The van der Waals surface area contributed by atoms with Gasteiger partial charge in [-0.05, 0) is 36.4 Å². The molecule has 3 aromatic rings. The van der Waals surface area contributed by atoms with E-state index in [9.17, 15) is 4.79 Å². The zero-order chi connectivity index (χ0) is 18.4. The molecule has 0 radical (unpaired) electrons. The van der Waals surface area contributed by atoms with Crippen LogP contribution in [0.3, 0.4) is 0 Å². The standard InChI is InChI=1S/C18H15N5O2S/c19-10-13-6-8-15(9-7-13)25-11-17-21-22-18(26-12-16(20)24)23(17)14-4-2-1-3-5-14/h1-9H,11-12H2,(H2,20,24). The average Bonchev–Trinajstić information content (AvgIpc) is 3.08. The Hall–Kier alpha value is -3.31. The van der Waals surface area contributed by atoms with Crippen molar-refractivity contribution in [2.75, 3.05) is 5.75 Å². The first-order valence-electron chi connectivity index (χ1n) is 7.71. The summed E-state index contributed by atoms with van der Waals surface area (Å²) in [6.45, 7) is 0.185. The van der Waals surface area contributed by atoms with E-state index >= 15 is 0 Å². The van der Waals surface area contributed by atoms with Gasteiger partial charge in [0.15, 0.2) is 11.0 Å². The monoisotopic (exact) mass is 365 g/mol. The van der Waals surface area contributed by atoms with E-state index in [0.29, 0.717) is 22.3 Å². The number of nitrogens with zero attached hydrogens (tertiary/aromatic N) is 4. The number of para-hydroxylation sites is 1. The van der Waals surface area contributed by atoms with Gasteiger partial charge in [0.1, 0.15) is 12.4 Å². The van der Waals surface area contributed by atoms with Crippen molar-refractivity contribution in [1.29, 1.82) is 5.26 Å². The number of aromatic nitrogens is 3. The van der Waals surface area contributed by atoms with Crippen molar-refractivity contribution < 1.29 is 9.53 Å². The number of amides is 1. The molecule has 2 aromatic carbocycles. The lowest BCUT2D eigenvalue weighted by atomic mass is 10.2. The molecule has 3 rings (SSSR count). The van der Waals surface area contributed by atoms with Crippen LogP contribution < -0.4 is 10.5 Å². The smallest absolute Gasteiger partial charge is 0.227 e. The molecule has 0 atom stereocenters. The van der Waals surface area contributed by atoms with Crippen LogP contribution in [0.5, 0.6) is 5.75 Å². The van der Waals surface area contributed by atoms with E-state index in [1.54, 1.807) is 24.3 Å². The van der Waals surface area contributed by atoms with Crippen LogP contribution in [0.4, 0.5) is 0 Å². The number of benzene rings is 2. The van der Waals surface area contributed by atoms with E-state index in [2.05, 4.69) is 16.3 Å². The topological polar surface area (TPSA) is 107 Å². The van der Waals surface area contributed by atoms with Crippen LogP contribution in [0.2, 0.25) is 0 Å². The highest BCUT2D eigenvalue weighted by molar-refractivity contribution is 7.99. The summed E-state index contributed by atoms with van der Waals surface area (Å²) < 4.78 is 7.59. The predicted octanol–water partition coefficient (Wildman–Crippen LogP) is 2.30. The third-order valence-corrected chi connectivity index (χ3v) is 4.36. The summed E-state index contributed by atoms with van der Waals surface area (Å²) >= 11 is 1.22. The first kappa shape index (κ1) is 17.5. The Morgan fingerprint density at radius 2 is 1.88 bits per heavy atom.